The first-order valence-electron chi connectivity index (χ1n) is 10.5. The molecule has 1 aliphatic heterocycles. The van der Waals surface area contributed by atoms with E-state index in [-0.39, 0.29) is 39.3 Å². The Morgan fingerprint density at radius 2 is 1.84 bits per heavy atom. The molecule has 2 aromatic carbocycles. The molecule has 1 atom stereocenters. The number of carbonyl (C=O) groups excluding carboxylic acids is 2. The molecule has 13 heteroatoms. The van der Waals surface area contributed by atoms with Crippen LogP contribution in [0.4, 0.5) is 27.6 Å². The van der Waals surface area contributed by atoms with Crippen molar-refractivity contribution < 1.29 is 31.5 Å². The molecule has 0 bridgehead atoms. The molecule has 188 valence electrons. The van der Waals surface area contributed by atoms with Crippen molar-refractivity contribution in [3.05, 3.63) is 99.5 Å². The van der Waals surface area contributed by atoms with Gasteiger partial charge in [0.15, 0.2) is 0 Å². The van der Waals surface area contributed by atoms with Crippen molar-refractivity contribution in [2.45, 2.75) is 12.2 Å². The van der Waals surface area contributed by atoms with Crippen LogP contribution in [0.3, 0.4) is 0 Å². The Bertz CT molecular complexity index is 1560. The first-order chi connectivity index (χ1) is 17.5. The van der Waals surface area contributed by atoms with E-state index in [1.54, 1.807) is 0 Å². The average Bonchev–Trinajstić information content (AvgIpc) is 3.48. The summed E-state index contributed by atoms with van der Waals surface area (Å²) in [6, 6.07) is 5.23. The van der Waals surface area contributed by atoms with Crippen molar-refractivity contribution in [3.8, 4) is 11.3 Å². The van der Waals surface area contributed by atoms with E-state index in [9.17, 15) is 31.5 Å². The summed E-state index contributed by atoms with van der Waals surface area (Å²) in [6.45, 7) is 0. The van der Waals surface area contributed by atoms with E-state index < -0.39 is 46.8 Å². The van der Waals surface area contributed by atoms with Crippen molar-refractivity contribution in [3.63, 3.8) is 0 Å². The van der Waals surface area contributed by atoms with E-state index in [1.807, 2.05) is 0 Å². The molecule has 0 spiro atoms. The number of nitrogens with one attached hydrogen (secondary N) is 3. The first-order valence-corrected chi connectivity index (χ1v) is 10.9. The molecule has 2 aromatic heterocycles. The summed E-state index contributed by atoms with van der Waals surface area (Å²) in [7, 11) is 0. The molecular formula is C24H13ClF5N5O2. The molecule has 0 radical (unpaired) electrons. The van der Waals surface area contributed by atoms with Crippen molar-refractivity contribution in [1.29, 1.82) is 0 Å². The molecule has 4 aromatic rings. The van der Waals surface area contributed by atoms with Crippen molar-refractivity contribution in [2.75, 3.05) is 5.32 Å². The molecule has 1 aliphatic rings. The monoisotopic (exact) mass is 533 g/mol. The fraction of sp³-hybridized carbons (Fsp3) is 0.0833. The number of fused-ring (bicyclic) bond motifs is 1. The fourth-order valence-corrected chi connectivity index (χ4v) is 4.21. The van der Waals surface area contributed by atoms with Crippen LogP contribution in [0, 0.1) is 11.6 Å². The van der Waals surface area contributed by atoms with Gasteiger partial charge in [-0.15, -0.1) is 0 Å². The van der Waals surface area contributed by atoms with Gasteiger partial charge in [-0.2, -0.15) is 18.3 Å². The minimum atomic E-state index is -4.89. The standard InChI is InChI=1S/C24H13ClF5N5O2/c25-16-2-1-13(26)6-15(16)20-19-18(7-17(11-8-31-32-9-11)33-21(19)23(37)35-20)34-22(36)10-3-12(24(28,29)30)5-14(27)4-10/h1-9,20H,(H,31,32)(H,35,37)(H,33,34,36)/t20-/m0/s1. The van der Waals surface area contributed by atoms with Gasteiger partial charge >= 0.3 is 6.18 Å². The number of hydrogen-bond donors (Lipinski definition) is 3. The number of H-pyrrole nitrogens is 1. The highest BCUT2D eigenvalue weighted by Crippen LogP contribution is 2.40. The number of carbonyl (C=O) groups is 2. The summed E-state index contributed by atoms with van der Waals surface area (Å²) in [4.78, 5) is 30.2. The number of alkyl halides is 3. The molecular weight excluding hydrogens is 521 g/mol. The summed E-state index contributed by atoms with van der Waals surface area (Å²) in [5.74, 6) is -3.65. The summed E-state index contributed by atoms with van der Waals surface area (Å²) in [5.41, 5.74) is -1.24. The lowest BCUT2D eigenvalue weighted by atomic mass is 9.97. The second kappa shape index (κ2) is 8.96. The number of rotatable bonds is 4. The van der Waals surface area contributed by atoms with Crippen LogP contribution in [0.15, 0.2) is 54.9 Å². The van der Waals surface area contributed by atoms with Gasteiger partial charge in [-0.1, -0.05) is 11.6 Å². The van der Waals surface area contributed by atoms with Crippen molar-refractivity contribution in [1.82, 2.24) is 20.5 Å². The predicted octanol–water partition coefficient (Wildman–Crippen LogP) is 5.51. The second-order valence-electron chi connectivity index (χ2n) is 8.06. The number of hydrogen-bond acceptors (Lipinski definition) is 4. The highest BCUT2D eigenvalue weighted by molar-refractivity contribution is 6.31. The molecule has 0 saturated heterocycles. The SMILES string of the molecule is O=C(Nc1cc(-c2cn[nH]c2)nc2c1[C@H](c1cc(F)ccc1Cl)NC2=O)c1cc(F)cc(C(F)(F)F)c1. The number of amides is 2. The van der Waals surface area contributed by atoms with Gasteiger partial charge in [0, 0.05) is 33.5 Å². The molecule has 5 rings (SSSR count). The quantitative estimate of drug-likeness (QED) is 0.301. The van der Waals surface area contributed by atoms with Gasteiger partial charge in [0.25, 0.3) is 11.8 Å². The third-order valence-electron chi connectivity index (χ3n) is 5.64. The minimum Gasteiger partial charge on any atom is -0.340 e. The van der Waals surface area contributed by atoms with E-state index >= 15 is 0 Å². The van der Waals surface area contributed by atoms with Crippen LogP contribution in [0.2, 0.25) is 5.02 Å². The minimum absolute atomic E-state index is 0.0345. The Balaban J connectivity index is 1.65. The second-order valence-corrected chi connectivity index (χ2v) is 8.46. The summed E-state index contributed by atoms with van der Waals surface area (Å²) in [6.07, 6.45) is -2.02. The molecule has 0 fully saturated rings. The normalized spacial score (nSPS) is 14.9. The summed E-state index contributed by atoms with van der Waals surface area (Å²) < 4.78 is 67.5. The van der Waals surface area contributed by atoms with Crippen molar-refractivity contribution >= 4 is 29.1 Å². The maximum atomic E-state index is 14.0. The maximum Gasteiger partial charge on any atom is 0.416 e. The van der Waals surface area contributed by atoms with Gasteiger partial charge in [-0.25, -0.2) is 13.8 Å². The molecule has 3 N–H and O–H groups in total. The van der Waals surface area contributed by atoms with Crippen LogP contribution in [-0.2, 0) is 6.18 Å². The number of pyridine rings is 1. The number of halogens is 6. The largest absolute Gasteiger partial charge is 0.416 e. The summed E-state index contributed by atoms with van der Waals surface area (Å²) >= 11 is 6.25. The lowest BCUT2D eigenvalue weighted by molar-refractivity contribution is -0.137. The van der Waals surface area contributed by atoms with Crippen LogP contribution >= 0.6 is 11.6 Å². The van der Waals surface area contributed by atoms with E-state index in [1.165, 1.54) is 24.5 Å². The number of nitrogens with zero attached hydrogens (tertiary/aromatic N) is 2. The van der Waals surface area contributed by atoms with Gasteiger partial charge < -0.3 is 10.6 Å². The first kappa shape index (κ1) is 24.4. The molecule has 0 unspecified atom stereocenters. The molecule has 3 heterocycles. The third-order valence-corrected chi connectivity index (χ3v) is 5.98. The lowest BCUT2D eigenvalue weighted by Gasteiger charge is -2.18. The molecule has 0 aliphatic carbocycles. The fourth-order valence-electron chi connectivity index (χ4n) is 3.98. The van der Waals surface area contributed by atoms with Crippen LogP contribution in [0.25, 0.3) is 11.3 Å². The Kier molecular flexibility index (Phi) is 5.91. The molecule has 2 amide bonds. The number of benzene rings is 2. The lowest BCUT2D eigenvalue weighted by Crippen LogP contribution is -2.21. The van der Waals surface area contributed by atoms with Gasteiger partial charge in [0.1, 0.15) is 17.3 Å². The smallest absolute Gasteiger partial charge is 0.340 e. The van der Waals surface area contributed by atoms with E-state index in [0.717, 1.165) is 12.1 Å². The predicted molar refractivity (Wildman–Crippen MR) is 122 cm³/mol. The van der Waals surface area contributed by atoms with Crippen molar-refractivity contribution in [2.24, 2.45) is 0 Å². The molecule has 0 saturated carbocycles. The molecule has 7 nitrogen and oxygen atoms in total. The Morgan fingerprint density at radius 3 is 2.54 bits per heavy atom. The number of aromatic nitrogens is 3. The molecule has 37 heavy (non-hydrogen) atoms. The van der Waals surface area contributed by atoms with Gasteiger partial charge in [0.05, 0.1) is 29.2 Å². The van der Waals surface area contributed by atoms with Crippen LogP contribution in [0.1, 0.15) is 43.6 Å². The van der Waals surface area contributed by atoms with Gasteiger partial charge in [-0.05, 0) is 42.5 Å². The number of aromatic amines is 1. The zero-order chi connectivity index (χ0) is 26.5. The highest BCUT2D eigenvalue weighted by Gasteiger charge is 2.37. The van der Waals surface area contributed by atoms with E-state index in [2.05, 4.69) is 25.8 Å². The topological polar surface area (TPSA) is 99.8 Å². The average molecular weight is 534 g/mol. The van der Waals surface area contributed by atoms with Crippen LogP contribution < -0.4 is 10.6 Å². The van der Waals surface area contributed by atoms with Crippen LogP contribution in [0.5, 0.6) is 0 Å². The number of anilines is 1. The van der Waals surface area contributed by atoms with E-state index in [0.29, 0.717) is 17.7 Å². The Morgan fingerprint density at radius 1 is 1.05 bits per heavy atom. The summed E-state index contributed by atoms with van der Waals surface area (Å²) in [5, 5.41) is 11.6. The van der Waals surface area contributed by atoms with Gasteiger partial charge in [-0.3, -0.25) is 14.7 Å². The zero-order valence-corrected chi connectivity index (χ0v) is 19.0. The van der Waals surface area contributed by atoms with E-state index in [4.69, 9.17) is 11.6 Å². The zero-order valence-electron chi connectivity index (χ0n) is 18.3. The Hall–Kier alpha value is -4.32. The highest BCUT2D eigenvalue weighted by atomic mass is 35.5. The third kappa shape index (κ3) is 4.62. The van der Waals surface area contributed by atoms with Gasteiger partial charge in [0.2, 0.25) is 0 Å². The Labute approximate surface area is 209 Å². The maximum absolute atomic E-state index is 14.0. The van der Waals surface area contributed by atoms with Crippen LogP contribution in [-0.4, -0.2) is 27.0 Å².